The molecule has 0 aromatic carbocycles. The molecule has 2 nitrogen and oxygen atoms in total. The highest BCUT2D eigenvalue weighted by Crippen LogP contribution is 2.10. The fraction of sp³-hybridized carbons (Fsp3) is 1.00. The Morgan fingerprint density at radius 1 is 0.700 bits per heavy atom. The average Bonchev–Trinajstić information content (AvgIpc) is 2.38. The first-order chi connectivity index (χ1) is 8.81. The van der Waals surface area contributed by atoms with Crippen molar-refractivity contribution in [2.75, 3.05) is 33.7 Å². The van der Waals surface area contributed by atoms with Gasteiger partial charge in [-0.05, 0) is 27.1 Å². The highest BCUT2D eigenvalue weighted by molar-refractivity contribution is 8.93. The molecule has 0 unspecified atom stereocenters. The van der Waals surface area contributed by atoms with E-state index in [2.05, 4.69) is 24.2 Å². The van der Waals surface area contributed by atoms with Gasteiger partial charge in [0, 0.05) is 13.1 Å². The van der Waals surface area contributed by atoms with Gasteiger partial charge in [-0.1, -0.05) is 64.7 Å². The molecule has 0 aliphatic rings. The summed E-state index contributed by atoms with van der Waals surface area (Å²) in [7, 11) is 4.25. The van der Waals surface area contributed by atoms with Crippen molar-refractivity contribution in [2.24, 2.45) is 0 Å². The highest BCUT2D eigenvalue weighted by Gasteiger charge is 1.97. The molecular weight excluding hydrogens is 380 g/mol. The molecule has 0 fully saturated rings. The topological polar surface area (TPSA) is 15.3 Å². The van der Waals surface area contributed by atoms with Crippen LogP contribution in [0.3, 0.4) is 0 Å². The summed E-state index contributed by atoms with van der Waals surface area (Å²) in [4.78, 5) is 2.43. The lowest BCUT2D eigenvalue weighted by molar-refractivity contribution is 0.325. The number of unbranched alkanes of at least 4 members (excludes halogenated alkanes) is 9. The molecule has 0 atom stereocenters. The maximum absolute atomic E-state index is 3.20. The standard InChI is InChI=1S/C16H36N2.2BrH/c1-4-5-6-7-8-9-10-11-12-13-15-18(3)16-14-17-2;;/h17H,4-16H2,1-3H3;2*1H. The second kappa shape index (κ2) is 22.2. The predicted octanol–water partition coefficient (Wildman–Crippen LogP) is 5.21. The van der Waals surface area contributed by atoms with Crippen LogP contribution in [0.25, 0.3) is 0 Å². The number of hydrogen-bond acceptors (Lipinski definition) is 2. The number of rotatable bonds is 14. The summed E-state index contributed by atoms with van der Waals surface area (Å²) >= 11 is 0. The first-order valence-corrected chi connectivity index (χ1v) is 8.14. The van der Waals surface area contributed by atoms with Crippen LogP contribution in [-0.4, -0.2) is 38.6 Å². The van der Waals surface area contributed by atoms with Gasteiger partial charge < -0.3 is 10.2 Å². The molecule has 4 heteroatoms. The fourth-order valence-electron chi connectivity index (χ4n) is 2.28. The Labute approximate surface area is 149 Å². The molecule has 20 heavy (non-hydrogen) atoms. The van der Waals surface area contributed by atoms with Gasteiger partial charge in [0.05, 0.1) is 0 Å². The minimum absolute atomic E-state index is 0. The van der Waals surface area contributed by atoms with Crippen LogP contribution in [0.15, 0.2) is 0 Å². The van der Waals surface area contributed by atoms with E-state index >= 15 is 0 Å². The molecular formula is C16H38Br2N2. The average molecular weight is 418 g/mol. The van der Waals surface area contributed by atoms with Crippen molar-refractivity contribution in [3.05, 3.63) is 0 Å². The fourth-order valence-corrected chi connectivity index (χ4v) is 2.28. The number of likely N-dealkylation sites (N-methyl/N-ethyl adjacent to an activating group) is 2. The zero-order valence-electron chi connectivity index (χ0n) is 14.0. The zero-order chi connectivity index (χ0) is 13.5. The van der Waals surface area contributed by atoms with Crippen LogP contribution in [0.1, 0.15) is 71.1 Å². The van der Waals surface area contributed by atoms with Gasteiger partial charge in [-0.3, -0.25) is 0 Å². The van der Waals surface area contributed by atoms with E-state index in [0.717, 1.165) is 6.54 Å². The van der Waals surface area contributed by atoms with Gasteiger partial charge in [0.25, 0.3) is 0 Å². The van der Waals surface area contributed by atoms with E-state index in [1.807, 2.05) is 7.05 Å². The van der Waals surface area contributed by atoms with E-state index in [1.54, 1.807) is 0 Å². The number of hydrogen-bond donors (Lipinski definition) is 1. The van der Waals surface area contributed by atoms with Crippen LogP contribution in [0, 0.1) is 0 Å². The first-order valence-electron chi connectivity index (χ1n) is 8.14. The lowest BCUT2D eigenvalue weighted by Crippen LogP contribution is -2.28. The van der Waals surface area contributed by atoms with Crippen molar-refractivity contribution < 1.29 is 0 Å². The van der Waals surface area contributed by atoms with E-state index in [9.17, 15) is 0 Å². The van der Waals surface area contributed by atoms with Gasteiger partial charge >= 0.3 is 0 Å². The van der Waals surface area contributed by atoms with Crippen LogP contribution in [-0.2, 0) is 0 Å². The molecule has 0 aliphatic heterocycles. The van der Waals surface area contributed by atoms with Crippen LogP contribution in [0.5, 0.6) is 0 Å². The molecule has 0 heterocycles. The summed E-state index contributed by atoms with van der Waals surface area (Å²) in [5.74, 6) is 0. The Kier molecular flexibility index (Phi) is 28.6. The van der Waals surface area contributed by atoms with Gasteiger partial charge in [0.15, 0.2) is 0 Å². The maximum Gasteiger partial charge on any atom is 0.0104 e. The minimum atomic E-state index is 0. The molecule has 0 amide bonds. The Morgan fingerprint density at radius 3 is 1.60 bits per heavy atom. The molecule has 0 saturated carbocycles. The number of halogens is 2. The molecule has 0 aromatic heterocycles. The third-order valence-electron chi connectivity index (χ3n) is 3.64. The SMILES string of the molecule is Br.Br.CCCCCCCCCCCCN(C)CCNC. The van der Waals surface area contributed by atoms with Crippen molar-refractivity contribution in [2.45, 2.75) is 71.1 Å². The predicted molar refractivity (Wildman–Crippen MR) is 104 cm³/mol. The van der Waals surface area contributed by atoms with Gasteiger partial charge in [0.2, 0.25) is 0 Å². The monoisotopic (exact) mass is 416 g/mol. The second-order valence-corrected chi connectivity index (χ2v) is 5.59. The quantitative estimate of drug-likeness (QED) is 0.390. The van der Waals surface area contributed by atoms with E-state index in [1.165, 1.54) is 77.3 Å². The Balaban J connectivity index is -0.00000144. The summed E-state index contributed by atoms with van der Waals surface area (Å²) in [5, 5.41) is 3.20. The van der Waals surface area contributed by atoms with Crippen molar-refractivity contribution in [3.63, 3.8) is 0 Å². The Bertz CT molecular complexity index is 157. The second-order valence-electron chi connectivity index (χ2n) is 5.59. The lowest BCUT2D eigenvalue weighted by Gasteiger charge is -2.15. The molecule has 1 N–H and O–H groups in total. The summed E-state index contributed by atoms with van der Waals surface area (Å²) < 4.78 is 0. The van der Waals surface area contributed by atoms with Crippen molar-refractivity contribution in [1.29, 1.82) is 0 Å². The van der Waals surface area contributed by atoms with Crippen molar-refractivity contribution in [3.8, 4) is 0 Å². The molecule has 0 saturated heterocycles. The summed E-state index contributed by atoms with van der Waals surface area (Å²) in [6, 6.07) is 0. The van der Waals surface area contributed by atoms with Crippen LogP contribution >= 0.6 is 34.0 Å². The maximum atomic E-state index is 3.20. The Hall–Kier alpha value is 0.880. The summed E-state index contributed by atoms with van der Waals surface area (Å²) in [5.41, 5.74) is 0. The minimum Gasteiger partial charge on any atom is -0.318 e. The summed E-state index contributed by atoms with van der Waals surface area (Å²) in [6.45, 7) is 5.83. The largest absolute Gasteiger partial charge is 0.318 e. The van der Waals surface area contributed by atoms with E-state index in [0.29, 0.717) is 0 Å². The molecule has 0 bridgehead atoms. The summed E-state index contributed by atoms with van der Waals surface area (Å²) in [6.07, 6.45) is 14.3. The highest BCUT2D eigenvalue weighted by atomic mass is 79.9. The molecule has 0 aliphatic carbocycles. The van der Waals surface area contributed by atoms with E-state index in [-0.39, 0.29) is 34.0 Å². The number of nitrogens with zero attached hydrogens (tertiary/aromatic N) is 1. The molecule has 0 spiro atoms. The first kappa shape index (κ1) is 25.8. The Morgan fingerprint density at radius 2 is 1.15 bits per heavy atom. The van der Waals surface area contributed by atoms with Crippen LogP contribution in [0.4, 0.5) is 0 Å². The van der Waals surface area contributed by atoms with Gasteiger partial charge in [-0.25, -0.2) is 0 Å². The third kappa shape index (κ3) is 21.2. The van der Waals surface area contributed by atoms with Crippen molar-refractivity contribution >= 4 is 34.0 Å². The molecule has 0 rings (SSSR count). The van der Waals surface area contributed by atoms with E-state index in [4.69, 9.17) is 0 Å². The number of nitrogens with one attached hydrogen (secondary N) is 1. The smallest absolute Gasteiger partial charge is 0.0104 e. The molecule has 126 valence electrons. The van der Waals surface area contributed by atoms with Crippen LogP contribution < -0.4 is 5.32 Å². The van der Waals surface area contributed by atoms with E-state index < -0.39 is 0 Å². The van der Waals surface area contributed by atoms with Gasteiger partial charge in [-0.15, -0.1) is 34.0 Å². The molecule has 0 aromatic rings. The third-order valence-corrected chi connectivity index (χ3v) is 3.64. The zero-order valence-corrected chi connectivity index (χ0v) is 17.4. The van der Waals surface area contributed by atoms with Crippen molar-refractivity contribution in [1.82, 2.24) is 10.2 Å². The molecule has 0 radical (unpaired) electrons. The van der Waals surface area contributed by atoms with Crippen LogP contribution in [0.2, 0.25) is 0 Å². The normalized spacial score (nSPS) is 10.2. The lowest BCUT2D eigenvalue weighted by atomic mass is 10.1. The van der Waals surface area contributed by atoms with Gasteiger partial charge in [0.1, 0.15) is 0 Å². The van der Waals surface area contributed by atoms with Gasteiger partial charge in [-0.2, -0.15) is 0 Å².